The van der Waals surface area contributed by atoms with Crippen LogP contribution in [0.5, 0.6) is 11.5 Å². The molecular formula is C19H22N2O4S3. The molecule has 3 rings (SSSR count). The van der Waals surface area contributed by atoms with Gasteiger partial charge in [0, 0.05) is 23.2 Å². The van der Waals surface area contributed by atoms with Crippen molar-refractivity contribution in [2.45, 2.75) is 12.8 Å². The van der Waals surface area contributed by atoms with E-state index in [1.165, 1.54) is 6.26 Å². The van der Waals surface area contributed by atoms with Gasteiger partial charge in [0.05, 0.1) is 36.1 Å². The number of benzene rings is 1. The fourth-order valence-corrected chi connectivity index (χ4v) is 5.02. The van der Waals surface area contributed by atoms with Gasteiger partial charge in [-0.05, 0) is 36.2 Å². The Bertz CT molecular complexity index is 1040. The largest absolute Gasteiger partial charge is 0.493 e. The molecule has 6 nitrogen and oxygen atoms in total. The van der Waals surface area contributed by atoms with Crippen molar-refractivity contribution in [1.29, 1.82) is 0 Å². The topological polar surface area (TPSA) is 77.5 Å². The summed E-state index contributed by atoms with van der Waals surface area (Å²) < 4.78 is 35.4. The number of hydrogen-bond donors (Lipinski definition) is 1. The molecule has 0 fully saturated rings. The number of methoxy groups -OCH3 is 2. The zero-order valence-electron chi connectivity index (χ0n) is 15.9. The smallest absolute Gasteiger partial charge is 0.208 e. The lowest BCUT2D eigenvalue weighted by atomic mass is 10.1. The molecule has 0 saturated heterocycles. The summed E-state index contributed by atoms with van der Waals surface area (Å²) in [7, 11) is 0.102. The van der Waals surface area contributed by atoms with E-state index in [-0.39, 0.29) is 0 Å². The molecule has 150 valence electrons. The van der Waals surface area contributed by atoms with E-state index in [9.17, 15) is 8.42 Å². The van der Waals surface area contributed by atoms with E-state index in [1.807, 2.05) is 30.3 Å². The molecule has 0 spiro atoms. The van der Waals surface area contributed by atoms with Crippen LogP contribution in [-0.2, 0) is 22.9 Å². The molecule has 0 aliphatic rings. The van der Waals surface area contributed by atoms with Crippen LogP contribution in [0.15, 0.2) is 35.7 Å². The monoisotopic (exact) mass is 438 g/mol. The average Bonchev–Trinajstić information content (AvgIpc) is 3.30. The van der Waals surface area contributed by atoms with Crippen LogP contribution >= 0.6 is 22.7 Å². The molecule has 0 radical (unpaired) electrons. The van der Waals surface area contributed by atoms with E-state index in [4.69, 9.17) is 14.5 Å². The highest BCUT2D eigenvalue weighted by Crippen LogP contribution is 2.32. The van der Waals surface area contributed by atoms with Gasteiger partial charge < -0.3 is 9.47 Å². The van der Waals surface area contributed by atoms with Crippen molar-refractivity contribution in [3.8, 4) is 22.1 Å². The van der Waals surface area contributed by atoms with E-state index in [2.05, 4.69) is 10.1 Å². The number of nitrogens with one attached hydrogen (secondary N) is 1. The van der Waals surface area contributed by atoms with Crippen LogP contribution in [0.25, 0.3) is 10.6 Å². The first kappa shape index (κ1) is 20.8. The van der Waals surface area contributed by atoms with E-state index >= 15 is 0 Å². The van der Waals surface area contributed by atoms with E-state index in [0.29, 0.717) is 24.5 Å². The van der Waals surface area contributed by atoms with Crippen molar-refractivity contribution in [2.75, 3.05) is 27.0 Å². The second-order valence-corrected chi connectivity index (χ2v) is 10.1. The number of aromatic nitrogens is 1. The van der Waals surface area contributed by atoms with Crippen LogP contribution in [0.2, 0.25) is 0 Å². The Balaban J connectivity index is 1.66. The SMILES string of the molecule is COc1ccc(Cc2nc(-c3ccc(CCNS(C)(=O)=O)s3)cs2)cc1OC. The first-order valence-corrected chi connectivity index (χ1v) is 12.2. The van der Waals surface area contributed by atoms with Gasteiger partial charge >= 0.3 is 0 Å². The van der Waals surface area contributed by atoms with Crippen molar-refractivity contribution >= 4 is 32.7 Å². The number of ether oxygens (including phenoxy) is 2. The number of hydrogen-bond acceptors (Lipinski definition) is 7. The number of thiazole rings is 1. The molecule has 0 amide bonds. The van der Waals surface area contributed by atoms with Crippen LogP contribution < -0.4 is 14.2 Å². The first-order valence-electron chi connectivity index (χ1n) is 8.57. The van der Waals surface area contributed by atoms with Crippen LogP contribution in [0.3, 0.4) is 0 Å². The highest BCUT2D eigenvalue weighted by Gasteiger charge is 2.11. The second-order valence-electron chi connectivity index (χ2n) is 6.18. The minimum Gasteiger partial charge on any atom is -0.493 e. The third-order valence-corrected chi connectivity index (χ3v) is 6.75. The van der Waals surface area contributed by atoms with Crippen molar-refractivity contribution in [3.63, 3.8) is 0 Å². The summed E-state index contributed by atoms with van der Waals surface area (Å²) in [5.41, 5.74) is 2.06. The lowest BCUT2D eigenvalue weighted by Gasteiger charge is -2.08. The molecule has 0 bridgehead atoms. The Labute approximate surface area is 173 Å². The van der Waals surface area contributed by atoms with Crippen molar-refractivity contribution in [2.24, 2.45) is 0 Å². The van der Waals surface area contributed by atoms with Gasteiger partial charge in [0.15, 0.2) is 11.5 Å². The maximum Gasteiger partial charge on any atom is 0.208 e. The standard InChI is InChI=1S/C19H22N2O4S3/c1-24-16-6-4-13(10-17(16)25-2)11-19-21-15(12-26-19)18-7-5-14(27-18)8-9-20-28(3,22)23/h4-7,10,12,20H,8-9,11H2,1-3H3. The number of nitrogens with zero attached hydrogens (tertiary/aromatic N) is 1. The molecule has 0 aliphatic heterocycles. The van der Waals surface area contributed by atoms with Gasteiger partial charge in [0.1, 0.15) is 0 Å². The Kier molecular flexibility index (Phi) is 6.71. The normalized spacial score (nSPS) is 11.5. The first-order chi connectivity index (χ1) is 13.4. The van der Waals surface area contributed by atoms with E-state index < -0.39 is 10.0 Å². The summed E-state index contributed by atoms with van der Waals surface area (Å²) in [6.45, 7) is 0.403. The molecule has 28 heavy (non-hydrogen) atoms. The van der Waals surface area contributed by atoms with Crippen molar-refractivity contribution < 1.29 is 17.9 Å². The molecule has 0 atom stereocenters. The maximum absolute atomic E-state index is 11.1. The summed E-state index contributed by atoms with van der Waals surface area (Å²) in [5, 5.41) is 3.08. The van der Waals surface area contributed by atoms with Gasteiger partial charge in [-0.15, -0.1) is 22.7 Å². The third kappa shape index (κ3) is 5.54. The molecule has 9 heteroatoms. The lowest BCUT2D eigenvalue weighted by Crippen LogP contribution is -2.23. The maximum atomic E-state index is 11.1. The summed E-state index contributed by atoms with van der Waals surface area (Å²) >= 11 is 3.26. The molecule has 0 aliphatic carbocycles. The minimum absolute atomic E-state index is 0.403. The molecule has 0 unspecified atom stereocenters. The van der Waals surface area contributed by atoms with Gasteiger partial charge in [-0.1, -0.05) is 6.07 Å². The fourth-order valence-electron chi connectivity index (χ4n) is 2.68. The van der Waals surface area contributed by atoms with Crippen LogP contribution in [-0.4, -0.2) is 40.4 Å². The quantitative estimate of drug-likeness (QED) is 0.553. The molecule has 2 aromatic heterocycles. The third-order valence-electron chi connectivity index (χ3n) is 4.00. The highest BCUT2D eigenvalue weighted by atomic mass is 32.2. The zero-order valence-corrected chi connectivity index (χ0v) is 18.3. The van der Waals surface area contributed by atoms with Crippen LogP contribution in [0.1, 0.15) is 15.4 Å². The van der Waals surface area contributed by atoms with Crippen LogP contribution in [0.4, 0.5) is 0 Å². The molecule has 1 aromatic carbocycles. The predicted octanol–water partition coefficient (Wildman–Crippen LogP) is 3.57. The lowest BCUT2D eigenvalue weighted by molar-refractivity contribution is 0.354. The minimum atomic E-state index is -3.15. The number of sulfonamides is 1. The Morgan fingerprint density at radius 3 is 2.61 bits per heavy atom. The number of rotatable bonds is 9. The Morgan fingerprint density at radius 2 is 1.89 bits per heavy atom. The summed E-state index contributed by atoms with van der Waals surface area (Å²) in [5.74, 6) is 1.42. The number of thiophene rings is 1. The molecule has 0 saturated carbocycles. The van der Waals surface area contributed by atoms with Crippen molar-refractivity contribution in [3.05, 3.63) is 51.2 Å². The zero-order chi connectivity index (χ0) is 20.1. The molecular weight excluding hydrogens is 416 g/mol. The molecule has 3 aromatic rings. The van der Waals surface area contributed by atoms with Gasteiger partial charge in [-0.3, -0.25) is 0 Å². The summed E-state index contributed by atoms with van der Waals surface area (Å²) in [6, 6.07) is 9.95. The fraction of sp³-hybridized carbons (Fsp3) is 0.316. The van der Waals surface area contributed by atoms with Gasteiger partial charge in [0.2, 0.25) is 10.0 Å². The van der Waals surface area contributed by atoms with Crippen molar-refractivity contribution in [1.82, 2.24) is 9.71 Å². The van der Waals surface area contributed by atoms with Gasteiger partial charge in [0.25, 0.3) is 0 Å². The predicted molar refractivity (Wildman–Crippen MR) is 114 cm³/mol. The van der Waals surface area contributed by atoms with Crippen LogP contribution in [0, 0.1) is 0 Å². The van der Waals surface area contributed by atoms with Gasteiger partial charge in [-0.25, -0.2) is 18.1 Å². The Morgan fingerprint density at radius 1 is 1.11 bits per heavy atom. The average molecular weight is 439 g/mol. The van der Waals surface area contributed by atoms with Gasteiger partial charge in [-0.2, -0.15) is 0 Å². The van der Waals surface area contributed by atoms with E-state index in [1.54, 1.807) is 36.9 Å². The summed E-state index contributed by atoms with van der Waals surface area (Å²) in [6.07, 6.45) is 2.56. The Hall–Kier alpha value is -1.94. The molecule has 2 heterocycles. The summed E-state index contributed by atoms with van der Waals surface area (Å²) in [4.78, 5) is 6.96. The van der Waals surface area contributed by atoms with E-state index in [0.717, 1.165) is 32.4 Å². The second kappa shape index (κ2) is 9.04. The highest BCUT2D eigenvalue weighted by molar-refractivity contribution is 7.88. The molecule has 1 N–H and O–H groups in total.